The molecule has 6 heteroatoms. The zero-order chi connectivity index (χ0) is 21.4. The Kier molecular flexibility index (Phi) is 5.16. The van der Waals surface area contributed by atoms with Crippen LogP contribution in [0.4, 0.5) is 0 Å². The van der Waals surface area contributed by atoms with E-state index in [0.29, 0.717) is 19.0 Å². The molecular weight excluding hydrogens is 390 g/mol. The van der Waals surface area contributed by atoms with E-state index in [1.807, 2.05) is 0 Å². The van der Waals surface area contributed by atoms with Crippen molar-refractivity contribution in [1.29, 1.82) is 0 Å². The van der Waals surface area contributed by atoms with Gasteiger partial charge in [0.15, 0.2) is 5.69 Å². The first-order valence-electron chi connectivity index (χ1n) is 10.8. The van der Waals surface area contributed by atoms with Gasteiger partial charge >= 0.3 is 0 Å². The van der Waals surface area contributed by atoms with Crippen LogP contribution >= 0.6 is 0 Å². The molecule has 5 rings (SSSR count). The maximum atomic E-state index is 12.7. The van der Waals surface area contributed by atoms with Crippen molar-refractivity contribution in [2.45, 2.75) is 37.7 Å². The minimum absolute atomic E-state index is 0.0251. The van der Waals surface area contributed by atoms with E-state index in [1.165, 1.54) is 36.1 Å². The molecule has 1 saturated heterocycles. The van der Waals surface area contributed by atoms with Crippen molar-refractivity contribution in [2.24, 2.45) is 0 Å². The molecule has 2 fully saturated rings. The van der Waals surface area contributed by atoms with Crippen LogP contribution in [-0.2, 0) is 6.61 Å². The number of likely N-dealkylation sites (tertiary alicyclic amines) is 1. The summed E-state index contributed by atoms with van der Waals surface area (Å²) < 4.78 is 0. The van der Waals surface area contributed by atoms with Gasteiger partial charge in [-0.25, -0.2) is 0 Å². The summed E-state index contributed by atoms with van der Waals surface area (Å²) in [4.78, 5) is 14.5. The Balaban J connectivity index is 1.37. The maximum absolute atomic E-state index is 12.7. The van der Waals surface area contributed by atoms with Gasteiger partial charge in [-0.05, 0) is 65.1 Å². The molecule has 0 spiro atoms. The molecule has 1 aromatic heterocycles. The van der Waals surface area contributed by atoms with Crippen molar-refractivity contribution in [2.75, 3.05) is 13.1 Å². The average Bonchev–Trinajstić information content (AvgIpc) is 3.55. The lowest BCUT2D eigenvalue weighted by molar-refractivity contribution is 0.0783. The zero-order valence-corrected chi connectivity index (χ0v) is 17.2. The number of aromatic hydroxyl groups is 1. The predicted molar refractivity (Wildman–Crippen MR) is 117 cm³/mol. The highest BCUT2D eigenvalue weighted by Gasteiger charge is 2.30. The predicted octanol–water partition coefficient (Wildman–Crippen LogP) is 3.85. The molecule has 6 nitrogen and oxygen atoms in total. The van der Waals surface area contributed by atoms with E-state index in [0.717, 1.165) is 23.1 Å². The Hall–Kier alpha value is -3.25. The summed E-state index contributed by atoms with van der Waals surface area (Å²) in [6, 6.07) is 17.8. The van der Waals surface area contributed by atoms with Crippen molar-refractivity contribution < 1.29 is 15.0 Å². The normalized spacial score (nSPS) is 18.4. The molecule has 0 radical (unpaired) electrons. The lowest BCUT2D eigenvalue weighted by atomic mass is 9.89. The van der Waals surface area contributed by atoms with Gasteiger partial charge in [-0.3, -0.25) is 4.79 Å². The third-order valence-corrected chi connectivity index (χ3v) is 6.39. The Labute approximate surface area is 181 Å². The molecule has 1 atom stereocenters. The van der Waals surface area contributed by atoms with Crippen LogP contribution in [0.25, 0.3) is 11.1 Å². The van der Waals surface area contributed by atoms with Gasteiger partial charge in [-0.1, -0.05) is 36.4 Å². The molecule has 1 saturated carbocycles. The molecule has 1 aliphatic carbocycles. The van der Waals surface area contributed by atoms with E-state index in [4.69, 9.17) is 0 Å². The molecule has 2 aromatic carbocycles. The van der Waals surface area contributed by atoms with Gasteiger partial charge in [-0.15, -0.1) is 10.2 Å². The molecule has 158 valence electrons. The van der Waals surface area contributed by atoms with Gasteiger partial charge in [0.2, 0.25) is 5.88 Å². The molecule has 31 heavy (non-hydrogen) atoms. The molecule has 0 bridgehead atoms. The van der Waals surface area contributed by atoms with Crippen LogP contribution in [0.15, 0.2) is 54.6 Å². The van der Waals surface area contributed by atoms with Crippen LogP contribution in [0.2, 0.25) is 0 Å². The van der Waals surface area contributed by atoms with Gasteiger partial charge in [-0.2, -0.15) is 0 Å². The van der Waals surface area contributed by atoms with E-state index in [-0.39, 0.29) is 30.0 Å². The number of nitrogens with zero attached hydrogens (tertiary/aromatic N) is 3. The molecule has 3 aromatic rings. The van der Waals surface area contributed by atoms with Gasteiger partial charge in [0.05, 0.1) is 6.61 Å². The van der Waals surface area contributed by atoms with Gasteiger partial charge in [0.1, 0.15) is 0 Å². The molecule has 2 heterocycles. The number of aromatic nitrogens is 2. The molecule has 1 amide bonds. The van der Waals surface area contributed by atoms with Crippen LogP contribution in [0, 0.1) is 0 Å². The Morgan fingerprint density at radius 3 is 2.55 bits per heavy atom. The summed E-state index contributed by atoms with van der Waals surface area (Å²) in [6.45, 7) is 1.18. The van der Waals surface area contributed by atoms with E-state index in [9.17, 15) is 15.0 Å². The highest BCUT2D eigenvalue weighted by molar-refractivity contribution is 5.92. The summed E-state index contributed by atoms with van der Waals surface area (Å²) in [5.74, 6) is 0.442. The summed E-state index contributed by atoms with van der Waals surface area (Å²) in [6.07, 6.45) is 3.33. The summed E-state index contributed by atoms with van der Waals surface area (Å²) in [5.41, 5.74) is 6.04. The molecule has 1 unspecified atom stereocenters. The van der Waals surface area contributed by atoms with E-state index >= 15 is 0 Å². The number of carbonyl (C=O) groups excluding carboxylic acids is 1. The Morgan fingerprint density at radius 2 is 1.81 bits per heavy atom. The minimum atomic E-state index is -0.202. The van der Waals surface area contributed by atoms with Crippen LogP contribution < -0.4 is 0 Å². The number of hydrogen-bond acceptors (Lipinski definition) is 5. The third kappa shape index (κ3) is 3.91. The smallest absolute Gasteiger partial charge is 0.274 e. The van der Waals surface area contributed by atoms with Gasteiger partial charge in [0.25, 0.3) is 5.91 Å². The third-order valence-electron chi connectivity index (χ3n) is 6.39. The van der Waals surface area contributed by atoms with Crippen molar-refractivity contribution in [1.82, 2.24) is 15.1 Å². The van der Waals surface area contributed by atoms with Crippen LogP contribution in [-0.4, -0.2) is 44.3 Å². The molecule has 2 aliphatic rings. The lowest BCUT2D eigenvalue weighted by Crippen LogP contribution is -2.29. The fraction of sp³-hybridized carbons (Fsp3) is 0.320. The highest BCUT2D eigenvalue weighted by atomic mass is 16.3. The first-order chi connectivity index (χ1) is 15.1. The van der Waals surface area contributed by atoms with Gasteiger partial charge in [0, 0.05) is 25.1 Å². The number of aliphatic hydroxyl groups is 1. The van der Waals surface area contributed by atoms with E-state index < -0.39 is 0 Å². The van der Waals surface area contributed by atoms with Crippen LogP contribution in [0.5, 0.6) is 5.88 Å². The summed E-state index contributed by atoms with van der Waals surface area (Å²) in [7, 11) is 0. The van der Waals surface area contributed by atoms with Gasteiger partial charge < -0.3 is 15.1 Å². The van der Waals surface area contributed by atoms with Crippen molar-refractivity contribution >= 4 is 5.91 Å². The van der Waals surface area contributed by atoms with E-state index in [2.05, 4.69) is 52.7 Å². The Morgan fingerprint density at radius 1 is 0.968 bits per heavy atom. The fourth-order valence-corrected chi connectivity index (χ4v) is 4.62. The number of hydrogen-bond donors (Lipinski definition) is 2. The number of benzene rings is 2. The second-order valence-corrected chi connectivity index (χ2v) is 8.45. The second-order valence-electron chi connectivity index (χ2n) is 8.45. The number of rotatable bonds is 5. The zero-order valence-electron chi connectivity index (χ0n) is 17.2. The van der Waals surface area contributed by atoms with Crippen LogP contribution in [0.1, 0.15) is 58.3 Å². The Bertz CT molecular complexity index is 1110. The maximum Gasteiger partial charge on any atom is 0.274 e. The van der Waals surface area contributed by atoms with Crippen molar-refractivity contribution in [3.8, 4) is 17.0 Å². The molecule has 1 aliphatic heterocycles. The number of carbonyl (C=O) groups is 1. The standard InChI is InChI=1S/C25H25N3O3/c29-15-19-13-17(22-4-2-1-3-21(22)16-5-6-16)7-8-20(19)18-11-12-28(14-18)25(31)23-9-10-24(30)27-26-23/h1-4,7-10,13,16,18,29H,5-6,11-12,14-15H2,(H,27,30). The molecular formula is C25H25N3O3. The van der Waals surface area contributed by atoms with Crippen molar-refractivity contribution in [3.63, 3.8) is 0 Å². The quantitative estimate of drug-likeness (QED) is 0.661. The second kappa shape index (κ2) is 8.12. The van der Waals surface area contributed by atoms with Crippen LogP contribution in [0.3, 0.4) is 0 Å². The number of aliphatic hydroxyl groups excluding tert-OH is 1. The van der Waals surface area contributed by atoms with Crippen molar-refractivity contribution in [3.05, 3.63) is 77.0 Å². The summed E-state index contributed by atoms with van der Waals surface area (Å²) >= 11 is 0. The number of amides is 1. The fourth-order valence-electron chi connectivity index (χ4n) is 4.62. The lowest BCUT2D eigenvalue weighted by Gasteiger charge is -2.19. The topological polar surface area (TPSA) is 86.5 Å². The average molecular weight is 415 g/mol. The van der Waals surface area contributed by atoms with E-state index in [1.54, 1.807) is 4.90 Å². The first-order valence-corrected chi connectivity index (χ1v) is 10.8. The first kappa shape index (κ1) is 19.7. The monoisotopic (exact) mass is 415 g/mol. The highest BCUT2D eigenvalue weighted by Crippen LogP contribution is 2.44. The minimum Gasteiger partial charge on any atom is -0.492 e. The SMILES string of the molecule is O=C(c1ccc(O)nn1)N1CCC(c2ccc(-c3ccccc3C3CC3)cc2CO)C1. The summed E-state index contributed by atoms with van der Waals surface area (Å²) in [5, 5.41) is 26.7. The largest absolute Gasteiger partial charge is 0.492 e. The molecule has 2 N–H and O–H groups in total.